The zero-order valence-corrected chi connectivity index (χ0v) is 13.8. The number of aromatic nitrogens is 5. The van der Waals surface area contributed by atoms with Crippen molar-refractivity contribution in [2.45, 2.75) is 39.4 Å². The van der Waals surface area contributed by atoms with Crippen molar-refractivity contribution in [3.05, 3.63) is 29.6 Å². The SMILES string of the molecule is CC(C)CC(NC(=O)c1cc2n(n1)CCNC2)c1ncnn1C. The van der Waals surface area contributed by atoms with Crippen LogP contribution >= 0.6 is 0 Å². The molecule has 1 aliphatic heterocycles. The van der Waals surface area contributed by atoms with Gasteiger partial charge in [0.2, 0.25) is 0 Å². The molecule has 0 bridgehead atoms. The number of carbonyl (C=O) groups is 1. The number of hydrogen-bond donors (Lipinski definition) is 2. The van der Waals surface area contributed by atoms with Crippen LogP contribution in [0.5, 0.6) is 0 Å². The second-order valence-electron chi connectivity index (χ2n) is 6.32. The Morgan fingerprint density at radius 2 is 2.30 bits per heavy atom. The predicted octanol–water partition coefficient (Wildman–Crippen LogP) is 0.632. The molecule has 0 aliphatic carbocycles. The maximum atomic E-state index is 12.6. The van der Waals surface area contributed by atoms with E-state index in [1.165, 1.54) is 6.33 Å². The van der Waals surface area contributed by atoms with E-state index in [1.807, 2.05) is 17.8 Å². The minimum atomic E-state index is -0.174. The average Bonchev–Trinajstić information content (AvgIpc) is 3.11. The molecule has 1 aliphatic rings. The smallest absolute Gasteiger partial charge is 0.272 e. The molecule has 3 rings (SSSR count). The highest BCUT2D eigenvalue weighted by molar-refractivity contribution is 5.92. The zero-order valence-electron chi connectivity index (χ0n) is 13.8. The van der Waals surface area contributed by atoms with Crippen molar-refractivity contribution >= 4 is 5.91 Å². The van der Waals surface area contributed by atoms with Gasteiger partial charge in [-0.15, -0.1) is 0 Å². The Balaban J connectivity index is 1.78. The molecule has 0 spiro atoms. The third-order valence-electron chi connectivity index (χ3n) is 3.97. The summed E-state index contributed by atoms with van der Waals surface area (Å²) in [6.45, 7) is 6.66. The Bertz CT molecular complexity index is 664. The number of amides is 1. The second-order valence-corrected chi connectivity index (χ2v) is 6.32. The van der Waals surface area contributed by atoms with Gasteiger partial charge in [0.05, 0.1) is 18.3 Å². The van der Waals surface area contributed by atoms with Crippen LogP contribution in [0.15, 0.2) is 12.4 Å². The molecular weight excluding hydrogens is 294 g/mol. The van der Waals surface area contributed by atoms with Crippen LogP contribution in [-0.2, 0) is 20.1 Å². The molecule has 2 aromatic heterocycles. The topological polar surface area (TPSA) is 89.7 Å². The highest BCUT2D eigenvalue weighted by Gasteiger charge is 2.23. The van der Waals surface area contributed by atoms with Crippen molar-refractivity contribution in [1.82, 2.24) is 35.2 Å². The van der Waals surface area contributed by atoms with Gasteiger partial charge in [-0.3, -0.25) is 14.2 Å². The van der Waals surface area contributed by atoms with E-state index in [-0.39, 0.29) is 11.9 Å². The molecule has 124 valence electrons. The molecular formula is C15H23N7O. The zero-order chi connectivity index (χ0) is 16.4. The van der Waals surface area contributed by atoms with E-state index in [9.17, 15) is 4.79 Å². The van der Waals surface area contributed by atoms with E-state index in [1.54, 1.807) is 4.68 Å². The van der Waals surface area contributed by atoms with Gasteiger partial charge in [-0.25, -0.2) is 4.98 Å². The van der Waals surface area contributed by atoms with Crippen molar-refractivity contribution in [2.75, 3.05) is 6.54 Å². The normalized spacial score (nSPS) is 15.5. The molecule has 2 N–H and O–H groups in total. The summed E-state index contributed by atoms with van der Waals surface area (Å²) >= 11 is 0. The van der Waals surface area contributed by atoms with E-state index in [2.05, 4.69) is 39.7 Å². The van der Waals surface area contributed by atoms with Crippen LogP contribution in [0.3, 0.4) is 0 Å². The highest BCUT2D eigenvalue weighted by Crippen LogP contribution is 2.19. The van der Waals surface area contributed by atoms with Crippen molar-refractivity contribution in [2.24, 2.45) is 13.0 Å². The number of hydrogen-bond acceptors (Lipinski definition) is 5. The summed E-state index contributed by atoms with van der Waals surface area (Å²) in [6.07, 6.45) is 2.31. The number of aryl methyl sites for hydroxylation is 1. The third kappa shape index (κ3) is 3.42. The molecule has 0 saturated carbocycles. The molecule has 0 fully saturated rings. The van der Waals surface area contributed by atoms with Gasteiger partial charge >= 0.3 is 0 Å². The van der Waals surface area contributed by atoms with Crippen LogP contribution in [0.25, 0.3) is 0 Å². The first-order valence-corrected chi connectivity index (χ1v) is 7.96. The lowest BCUT2D eigenvalue weighted by Crippen LogP contribution is -2.32. The maximum absolute atomic E-state index is 12.6. The van der Waals surface area contributed by atoms with Crippen LogP contribution in [0.2, 0.25) is 0 Å². The van der Waals surface area contributed by atoms with Crippen molar-refractivity contribution < 1.29 is 4.79 Å². The lowest BCUT2D eigenvalue weighted by molar-refractivity contribution is 0.0923. The van der Waals surface area contributed by atoms with E-state index in [4.69, 9.17) is 0 Å². The van der Waals surface area contributed by atoms with E-state index in [0.717, 1.165) is 37.6 Å². The predicted molar refractivity (Wildman–Crippen MR) is 84.6 cm³/mol. The average molecular weight is 317 g/mol. The molecule has 1 amide bonds. The van der Waals surface area contributed by atoms with Crippen molar-refractivity contribution in [3.63, 3.8) is 0 Å². The lowest BCUT2D eigenvalue weighted by Gasteiger charge is -2.19. The first-order valence-electron chi connectivity index (χ1n) is 7.96. The molecule has 1 atom stereocenters. The Labute approximate surface area is 135 Å². The van der Waals surface area contributed by atoms with Crippen molar-refractivity contribution in [3.8, 4) is 0 Å². The molecule has 23 heavy (non-hydrogen) atoms. The first kappa shape index (κ1) is 15.7. The quantitative estimate of drug-likeness (QED) is 0.844. The summed E-state index contributed by atoms with van der Waals surface area (Å²) in [4.78, 5) is 16.9. The summed E-state index contributed by atoms with van der Waals surface area (Å²) in [5.41, 5.74) is 1.50. The van der Waals surface area contributed by atoms with Crippen LogP contribution in [0, 0.1) is 5.92 Å². The monoisotopic (exact) mass is 317 g/mol. The van der Waals surface area contributed by atoms with Gasteiger partial charge in [-0.1, -0.05) is 13.8 Å². The van der Waals surface area contributed by atoms with Crippen LogP contribution in [0.1, 0.15) is 48.3 Å². The molecule has 1 unspecified atom stereocenters. The summed E-state index contributed by atoms with van der Waals surface area (Å²) < 4.78 is 3.60. The fourth-order valence-corrected chi connectivity index (χ4v) is 2.86. The number of nitrogens with zero attached hydrogens (tertiary/aromatic N) is 5. The van der Waals surface area contributed by atoms with E-state index < -0.39 is 0 Å². The lowest BCUT2D eigenvalue weighted by atomic mass is 10.0. The van der Waals surface area contributed by atoms with Gasteiger partial charge in [-0.05, 0) is 18.4 Å². The molecule has 0 radical (unpaired) electrons. The standard InChI is InChI=1S/C15H23N7O/c1-10(2)6-12(14-17-9-18-21(14)3)19-15(23)13-7-11-8-16-4-5-22(11)20-13/h7,9-10,12,16H,4-6,8H2,1-3H3,(H,19,23). The minimum absolute atomic E-state index is 0.166. The summed E-state index contributed by atoms with van der Waals surface area (Å²) in [5, 5.41) is 14.8. The van der Waals surface area contributed by atoms with Gasteiger partial charge in [-0.2, -0.15) is 10.2 Å². The molecule has 8 heteroatoms. The summed E-state index contributed by atoms with van der Waals surface area (Å²) in [5.74, 6) is 1.02. The van der Waals surface area contributed by atoms with Crippen LogP contribution in [0.4, 0.5) is 0 Å². The summed E-state index contributed by atoms with van der Waals surface area (Å²) in [6, 6.07) is 1.68. The molecule has 2 aromatic rings. The van der Waals surface area contributed by atoms with Crippen molar-refractivity contribution in [1.29, 1.82) is 0 Å². The Hall–Kier alpha value is -2.22. The first-order chi connectivity index (χ1) is 11.0. The Kier molecular flexibility index (Phi) is 4.42. The second kappa shape index (κ2) is 6.49. The van der Waals surface area contributed by atoms with E-state index in [0.29, 0.717) is 11.6 Å². The fourth-order valence-electron chi connectivity index (χ4n) is 2.86. The van der Waals surface area contributed by atoms with Gasteiger partial charge < -0.3 is 10.6 Å². The number of rotatable bonds is 5. The maximum Gasteiger partial charge on any atom is 0.272 e. The third-order valence-corrected chi connectivity index (χ3v) is 3.97. The van der Waals surface area contributed by atoms with Gasteiger partial charge in [0.25, 0.3) is 5.91 Å². The number of carbonyl (C=O) groups excluding carboxylic acids is 1. The van der Waals surface area contributed by atoms with E-state index >= 15 is 0 Å². The largest absolute Gasteiger partial charge is 0.341 e. The molecule has 0 aromatic carbocycles. The number of fused-ring (bicyclic) bond motifs is 1. The Morgan fingerprint density at radius 3 is 2.96 bits per heavy atom. The molecule has 8 nitrogen and oxygen atoms in total. The number of nitrogens with one attached hydrogen (secondary N) is 2. The van der Waals surface area contributed by atoms with Gasteiger partial charge in [0.15, 0.2) is 5.69 Å². The summed E-state index contributed by atoms with van der Waals surface area (Å²) in [7, 11) is 1.84. The molecule has 3 heterocycles. The van der Waals surface area contributed by atoms with Crippen LogP contribution < -0.4 is 10.6 Å². The highest BCUT2D eigenvalue weighted by atomic mass is 16.2. The Morgan fingerprint density at radius 1 is 1.48 bits per heavy atom. The van der Waals surface area contributed by atoms with Crippen LogP contribution in [-0.4, -0.2) is 37.0 Å². The van der Waals surface area contributed by atoms with Gasteiger partial charge in [0.1, 0.15) is 12.2 Å². The minimum Gasteiger partial charge on any atom is -0.341 e. The molecule has 0 saturated heterocycles. The van der Waals surface area contributed by atoms with Gasteiger partial charge in [0, 0.05) is 20.1 Å². The fraction of sp³-hybridized carbons (Fsp3) is 0.600.